The number of nitrogens with zero attached hydrogens (tertiary/aromatic N) is 1. The lowest BCUT2D eigenvalue weighted by Crippen LogP contribution is -2.54. The highest BCUT2D eigenvalue weighted by Crippen LogP contribution is 2.20. The smallest absolute Gasteiger partial charge is 0.243 e. The summed E-state index contributed by atoms with van der Waals surface area (Å²) in [4.78, 5) is 28.8. The van der Waals surface area contributed by atoms with E-state index in [9.17, 15) is 14.0 Å². The van der Waals surface area contributed by atoms with E-state index in [1.165, 1.54) is 29.5 Å². The molecule has 0 saturated heterocycles. The minimum absolute atomic E-state index is 0.123. The summed E-state index contributed by atoms with van der Waals surface area (Å²) in [6.07, 6.45) is 0.387. The van der Waals surface area contributed by atoms with Gasteiger partial charge in [-0.05, 0) is 56.5 Å². The van der Waals surface area contributed by atoms with Crippen LogP contribution in [-0.2, 0) is 28.3 Å². The van der Waals surface area contributed by atoms with Crippen LogP contribution in [0.15, 0.2) is 78.9 Å². The molecule has 3 rings (SSSR count). The third kappa shape index (κ3) is 8.83. The topological polar surface area (TPSA) is 49.4 Å². The first-order chi connectivity index (χ1) is 17.1. The van der Waals surface area contributed by atoms with Gasteiger partial charge < -0.3 is 10.2 Å². The van der Waals surface area contributed by atoms with Gasteiger partial charge >= 0.3 is 0 Å². The van der Waals surface area contributed by atoms with Crippen LogP contribution < -0.4 is 5.32 Å². The number of benzene rings is 3. The quantitative estimate of drug-likeness (QED) is 0.371. The number of amides is 2. The number of carbonyl (C=O) groups is 2. The highest BCUT2D eigenvalue weighted by Gasteiger charge is 2.32. The van der Waals surface area contributed by atoms with Crippen molar-refractivity contribution in [1.82, 2.24) is 10.2 Å². The van der Waals surface area contributed by atoms with Crippen LogP contribution in [0, 0.1) is 12.7 Å². The monoisotopic (exact) mass is 506 g/mol. The van der Waals surface area contributed by atoms with Gasteiger partial charge in [0.25, 0.3) is 0 Å². The first-order valence-corrected chi connectivity index (χ1v) is 13.3. The normalized spacial score (nSPS) is 12.1. The lowest BCUT2D eigenvalue weighted by atomic mass is 10.0. The molecule has 0 aliphatic rings. The Balaban J connectivity index is 1.86. The Morgan fingerprint density at radius 3 is 2.22 bits per heavy atom. The second kappa shape index (κ2) is 12.7. The van der Waals surface area contributed by atoms with E-state index in [1.54, 1.807) is 17.0 Å². The third-order valence-electron chi connectivity index (χ3n) is 5.61. The van der Waals surface area contributed by atoms with Crippen molar-refractivity contribution in [3.8, 4) is 0 Å². The molecule has 0 spiro atoms. The predicted molar refractivity (Wildman–Crippen MR) is 146 cm³/mol. The summed E-state index contributed by atoms with van der Waals surface area (Å²) < 4.78 is 13.6. The van der Waals surface area contributed by atoms with E-state index >= 15 is 0 Å². The molecule has 0 aliphatic carbocycles. The SMILES string of the molecule is Cc1cccc(CSCC(=O)N(Cc2ccc(F)cc2)[C@H](Cc2ccccc2)C(=O)NC(C)(C)C)c1. The molecule has 3 aromatic carbocycles. The molecular formula is C30H35FN2O2S. The van der Waals surface area contributed by atoms with Crippen LogP contribution in [0.3, 0.4) is 0 Å². The fraction of sp³-hybridized carbons (Fsp3) is 0.333. The summed E-state index contributed by atoms with van der Waals surface area (Å²) in [5, 5.41) is 3.06. The van der Waals surface area contributed by atoms with Gasteiger partial charge in [0, 0.05) is 24.3 Å². The zero-order valence-corrected chi connectivity index (χ0v) is 22.3. The Morgan fingerprint density at radius 1 is 0.917 bits per heavy atom. The summed E-state index contributed by atoms with van der Waals surface area (Å²) in [5.74, 6) is 0.280. The van der Waals surface area contributed by atoms with Crippen molar-refractivity contribution in [1.29, 1.82) is 0 Å². The van der Waals surface area contributed by atoms with Crippen LogP contribution in [0.2, 0.25) is 0 Å². The van der Waals surface area contributed by atoms with E-state index in [1.807, 2.05) is 70.2 Å². The number of halogens is 1. The molecule has 6 heteroatoms. The highest BCUT2D eigenvalue weighted by atomic mass is 32.2. The van der Waals surface area contributed by atoms with Crippen molar-refractivity contribution in [3.05, 3.63) is 107 Å². The van der Waals surface area contributed by atoms with E-state index in [0.29, 0.717) is 12.2 Å². The van der Waals surface area contributed by atoms with Crippen molar-refractivity contribution in [2.45, 2.75) is 58.0 Å². The average Bonchev–Trinajstić information content (AvgIpc) is 2.82. The fourth-order valence-corrected chi connectivity index (χ4v) is 4.79. The lowest BCUT2D eigenvalue weighted by molar-refractivity contribution is -0.140. The zero-order chi connectivity index (χ0) is 26.1. The molecule has 3 aromatic rings. The van der Waals surface area contributed by atoms with Crippen LogP contribution in [0.25, 0.3) is 0 Å². The number of carbonyl (C=O) groups excluding carboxylic acids is 2. The number of hydrogen-bond donors (Lipinski definition) is 1. The number of rotatable bonds is 10. The summed E-state index contributed by atoms with van der Waals surface area (Å²) in [7, 11) is 0. The van der Waals surface area contributed by atoms with Crippen molar-refractivity contribution in [2.24, 2.45) is 0 Å². The molecule has 0 bridgehead atoms. The maximum atomic E-state index is 13.6. The largest absolute Gasteiger partial charge is 0.350 e. The number of hydrogen-bond acceptors (Lipinski definition) is 3. The zero-order valence-electron chi connectivity index (χ0n) is 21.5. The third-order valence-corrected chi connectivity index (χ3v) is 6.60. The van der Waals surface area contributed by atoms with Crippen LogP contribution in [-0.4, -0.2) is 34.0 Å². The van der Waals surface area contributed by atoms with E-state index in [-0.39, 0.29) is 29.9 Å². The van der Waals surface area contributed by atoms with Gasteiger partial charge in [0.05, 0.1) is 5.75 Å². The van der Waals surface area contributed by atoms with Crippen LogP contribution in [0.5, 0.6) is 0 Å². The molecule has 0 saturated carbocycles. The lowest BCUT2D eigenvalue weighted by Gasteiger charge is -2.34. The van der Waals surface area contributed by atoms with E-state index in [2.05, 4.69) is 17.4 Å². The van der Waals surface area contributed by atoms with E-state index in [4.69, 9.17) is 0 Å². The molecule has 190 valence electrons. The predicted octanol–water partition coefficient (Wildman–Crippen LogP) is 5.92. The first-order valence-electron chi connectivity index (χ1n) is 12.1. The summed E-state index contributed by atoms with van der Waals surface area (Å²) in [6.45, 7) is 8.04. The van der Waals surface area contributed by atoms with Gasteiger partial charge in [-0.1, -0.05) is 72.3 Å². The number of nitrogens with one attached hydrogen (secondary N) is 1. The maximum absolute atomic E-state index is 13.6. The second-order valence-corrected chi connectivity index (χ2v) is 11.1. The van der Waals surface area contributed by atoms with Crippen LogP contribution in [0.4, 0.5) is 4.39 Å². The van der Waals surface area contributed by atoms with Gasteiger partial charge in [-0.3, -0.25) is 9.59 Å². The van der Waals surface area contributed by atoms with Gasteiger partial charge in [0.2, 0.25) is 11.8 Å². The molecule has 0 unspecified atom stereocenters. The Bertz CT molecular complexity index is 1140. The minimum atomic E-state index is -0.705. The van der Waals surface area contributed by atoms with Gasteiger partial charge in [0.15, 0.2) is 0 Å². The Kier molecular flexibility index (Phi) is 9.71. The molecule has 0 heterocycles. The molecular weight excluding hydrogens is 471 g/mol. The molecule has 4 nitrogen and oxygen atoms in total. The Labute approximate surface area is 218 Å². The number of thioether (sulfide) groups is 1. The van der Waals surface area contributed by atoms with Gasteiger partial charge in [-0.2, -0.15) is 0 Å². The van der Waals surface area contributed by atoms with Crippen molar-refractivity contribution in [2.75, 3.05) is 5.75 Å². The summed E-state index contributed by atoms with van der Waals surface area (Å²) in [6, 6.07) is 23.3. The van der Waals surface area contributed by atoms with Crippen molar-refractivity contribution in [3.63, 3.8) is 0 Å². The molecule has 2 amide bonds. The maximum Gasteiger partial charge on any atom is 0.243 e. The molecule has 1 atom stereocenters. The second-order valence-electron chi connectivity index (χ2n) is 10.1. The first kappa shape index (κ1) is 27.5. The molecule has 0 aliphatic heterocycles. The number of aryl methyl sites for hydroxylation is 1. The summed E-state index contributed by atoms with van der Waals surface area (Å²) >= 11 is 1.53. The standard InChI is InChI=1S/C30H35FN2O2S/c1-22-9-8-12-25(17-22)20-36-21-28(34)33(19-24-13-15-26(31)16-14-24)27(29(35)32-30(2,3)4)18-23-10-6-5-7-11-23/h5-17,27H,18-21H2,1-4H3,(H,32,35)/t27-/m1/s1. The van der Waals surface area contributed by atoms with Crippen molar-refractivity contribution < 1.29 is 14.0 Å². The highest BCUT2D eigenvalue weighted by molar-refractivity contribution is 7.99. The molecule has 1 N–H and O–H groups in total. The molecule has 36 heavy (non-hydrogen) atoms. The summed E-state index contributed by atoms with van der Waals surface area (Å²) in [5.41, 5.74) is 3.63. The molecule has 0 fully saturated rings. The molecule has 0 radical (unpaired) electrons. The Morgan fingerprint density at radius 2 is 1.58 bits per heavy atom. The van der Waals surface area contributed by atoms with Gasteiger partial charge in [-0.25, -0.2) is 4.39 Å². The van der Waals surface area contributed by atoms with E-state index in [0.717, 1.165) is 16.7 Å². The van der Waals surface area contributed by atoms with E-state index < -0.39 is 11.6 Å². The fourth-order valence-electron chi connectivity index (χ4n) is 3.93. The van der Waals surface area contributed by atoms with Crippen LogP contribution >= 0.6 is 11.8 Å². The van der Waals surface area contributed by atoms with Crippen LogP contribution in [0.1, 0.15) is 43.0 Å². The Hall–Kier alpha value is -3.12. The van der Waals surface area contributed by atoms with Gasteiger partial charge in [0.1, 0.15) is 11.9 Å². The molecule has 0 aromatic heterocycles. The van der Waals surface area contributed by atoms with Crippen molar-refractivity contribution >= 4 is 23.6 Å². The van der Waals surface area contributed by atoms with Gasteiger partial charge in [-0.15, -0.1) is 11.8 Å². The minimum Gasteiger partial charge on any atom is -0.350 e. The average molecular weight is 507 g/mol.